The van der Waals surface area contributed by atoms with Crippen LogP contribution in [-0.4, -0.2) is 36.6 Å². The van der Waals surface area contributed by atoms with Crippen LogP contribution < -0.4 is 5.32 Å². The monoisotopic (exact) mass is 220 g/mol. The Morgan fingerprint density at radius 2 is 2.12 bits per heavy atom. The molecule has 0 spiro atoms. The van der Waals surface area contributed by atoms with Gasteiger partial charge in [0.1, 0.15) is 0 Å². The number of likely N-dealkylation sites (tertiary alicyclic amines) is 1. The van der Waals surface area contributed by atoms with Crippen molar-refractivity contribution < 1.29 is 0 Å². The zero-order valence-corrected chi connectivity index (χ0v) is 10.4. The van der Waals surface area contributed by atoms with E-state index in [0.29, 0.717) is 0 Å². The van der Waals surface area contributed by atoms with E-state index in [2.05, 4.69) is 23.1 Å². The van der Waals surface area contributed by atoms with Gasteiger partial charge in [-0.25, -0.2) is 0 Å². The third-order valence-electron chi connectivity index (χ3n) is 3.93. The molecule has 1 aliphatic heterocycles. The van der Waals surface area contributed by atoms with Crippen LogP contribution >= 0.6 is 0 Å². The third-order valence-corrected chi connectivity index (χ3v) is 3.93. The fraction of sp³-hybridized carbons (Fsp3) is 0.857. The van der Waals surface area contributed by atoms with Crippen LogP contribution in [0, 0.1) is 18.3 Å². The number of rotatable bonds is 5. The minimum atomic E-state index is 0.751. The van der Waals surface area contributed by atoms with E-state index in [0.717, 1.165) is 24.5 Å². The summed E-state index contributed by atoms with van der Waals surface area (Å²) in [6, 6.07) is 1.59. The Morgan fingerprint density at radius 3 is 2.75 bits per heavy atom. The molecule has 2 rings (SSSR count). The van der Waals surface area contributed by atoms with E-state index in [9.17, 15) is 0 Å². The minimum absolute atomic E-state index is 0.751. The molecule has 1 aliphatic carbocycles. The van der Waals surface area contributed by atoms with Crippen molar-refractivity contribution in [1.82, 2.24) is 10.2 Å². The highest BCUT2D eigenvalue weighted by Crippen LogP contribution is 2.35. The van der Waals surface area contributed by atoms with Crippen LogP contribution in [0.5, 0.6) is 0 Å². The molecule has 1 N–H and O–H groups in total. The molecular formula is C14H24N2. The summed E-state index contributed by atoms with van der Waals surface area (Å²) in [7, 11) is 0. The van der Waals surface area contributed by atoms with Gasteiger partial charge < -0.3 is 5.32 Å². The lowest BCUT2D eigenvalue weighted by atomic mass is 10.0. The third kappa shape index (κ3) is 3.23. The molecule has 0 aromatic carbocycles. The van der Waals surface area contributed by atoms with E-state index in [1.807, 2.05) is 0 Å². The molecule has 1 heterocycles. The molecule has 0 bridgehead atoms. The molecule has 2 atom stereocenters. The fourth-order valence-electron chi connectivity index (χ4n) is 2.83. The summed E-state index contributed by atoms with van der Waals surface area (Å²) < 4.78 is 0. The largest absolute Gasteiger partial charge is 0.311 e. The molecule has 2 unspecified atom stereocenters. The Kier molecular flexibility index (Phi) is 4.26. The standard InChI is InChI=1S/C14H24N2/c1-3-5-12-11-14(12)15-13-6-9-16(8-4-2)10-7-13/h2,12-15H,3,5-11H2,1H3. The summed E-state index contributed by atoms with van der Waals surface area (Å²) >= 11 is 0. The Bertz CT molecular complexity index is 248. The highest BCUT2D eigenvalue weighted by molar-refractivity contribution is 4.96. The molecule has 2 aliphatic rings. The number of piperidine rings is 1. The molecule has 90 valence electrons. The van der Waals surface area contributed by atoms with Crippen LogP contribution in [0.15, 0.2) is 0 Å². The maximum atomic E-state index is 5.33. The van der Waals surface area contributed by atoms with Gasteiger partial charge >= 0.3 is 0 Å². The van der Waals surface area contributed by atoms with E-state index < -0.39 is 0 Å². The highest BCUT2D eigenvalue weighted by atomic mass is 15.1. The van der Waals surface area contributed by atoms with Crippen LogP contribution in [0.2, 0.25) is 0 Å². The first kappa shape index (κ1) is 12.0. The van der Waals surface area contributed by atoms with Gasteiger partial charge in [-0.15, -0.1) is 6.42 Å². The normalized spacial score (nSPS) is 31.2. The van der Waals surface area contributed by atoms with Crippen molar-refractivity contribution in [2.45, 2.75) is 51.1 Å². The molecule has 2 fully saturated rings. The predicted molar refractivity (Wildman–Crippen MR) is 68.2 cm³/mol. The van der Waals surface area contributed by atoms with Crippen LogP contribution in [0.25, 0.3) is 0 Å². The van der Waals surface area contributed by atoms with Crippen LogP contribution in [0.4, 0.5) is 0 Å². The zero-order chi connectivity index (χ0) is 11.4. The van der Waals surface area contributed by atoms with E-state index in [1.54, 1.807) is 0 Å². The van der Waals surface area contributed by atoms with Crippen LogP contribution in [0.3, 0.4) is 0 Å². The lowest BCUT2D eigenvalue weighted by molar-refractivity contribution is 0.216. The topological polar surface area (TPSA) is 15.3 Å². The van der Waals surface area contributed by atoms with Crippen LogP contribution in [-0.2, 0) is 0 Å². The van der Waals surface area contributed by atoms with Gasteiger partial charge in [-0.05, 0) is 31.6 Å². The zero-order valence-electron chi connectivity index (χ0n) is 10.4. The summed E-state index contributed by atoms with van der Waals surface area (Å²) in [5, 5.41) is 3.81. The number of hydrogen-bond donors (Lipinski definition) is 1. The maximum absolute atomic E-state index is 5.33. The van der Waals surface area contributed by atoms with Gasteiger partial charge in [0.15, 0.2) is 0 Å². The van der Waals surface area contributed by atoms with E-state index >= 15 is 0 Å². The van der Waals surface area contributed by atoms with E-state index in [4.69, 9.17) is 6.42 Å². The minimum Gasteiger partial charge on any atom is -0.311 e. The summed E-state index contributed by atoms with van der Waals surface area (Å²) in [6.07, 6.45) is 12.0. The van der Waals surface area contributed by atoms with Crippen molar-refractivity contribution in [3.63, 3.8) is 0 Å². The van der Waals surface area contributed by atoms with Gasteiger partial charge in [-0.3, -0.25) is 4.90 Å². The van der Waals surface area contributed by atoms with E-state index in [-0.39, 0.29) is 0 Å². The Labute approximate surface area is 99.8 Å². The maximum Gasteiger partial charge on any atom is 0.0598 e. The SMILES string of the molecule is C#CCN1CCC(NC2CC2CCC)CC1. The molecule has 0 radical (unpaired) electrons. The molecule has 2 heteroatoms. The average Bonchev–Trinajstić information content (AvgIpc) is 3.00. The second-order valence-corrected chi connectivity index (χ2v) is 5.31. The van der Waals surface area contributed by atoms with E-state index in [1.165, 1.54) is 45.2 Å². The summed E-state index contributed by atoms with van der Waals surface area (Å²) in [5.41, 5.74) is 0. The van der Waals surface area contributed by atoms with Crippen molar-refractivity contribution in [2.75, 3.05) is 19.6 Å². The van der Waals surface area contributed by atoms with Gasteiger partial charge in [0.25, 0.3) is 0 Å². The second kappa shape index (κ2) is 5.70. The smallest absolute Gasteiger partial charge is 0.0598 e. The predicted octanol–water partition coefficient (Wildman–Crippen LogP) is 1.86. The first-order valence-corrected chi connectivity index (χ1v) is 6.75. The summed E-state index contributed by atoms with van der Waals surface area (Å²) in [4.78, 5) is 2.38. The van der Waals surface area contributed by atoms with Crippen molar-refractivity contribution in [2.24, 2.45) is 5.92 Å². The van der Waals surface area contributed by atoms with Crippen molar-refractivity contribution in [3.05, 3.63) is 0 Å². The van der Waals surface area contributed by atoms with Gasteiger partial charge in [-0.1, -0.05) is 19.3 Å². The number of hydrogen-bond acceptors (Lipinski definition) is 2. The lowest BCUT2D eigenvalue weighted by Gasteiger charge is -2.31. The van der Waals surface area contributed by atoms with Gasteiger partial charge in [0.05, 0.1) is 6.54 Å². The Hall–Kier alpha value is -0.520. The Balaban J connectivity index is 1.61. The first-order chi connectivity index (χ1) is 7.83. The second-order valence-electron chi connectivity index (χ2n) is 5.31. The van der Waals surface area contributed by atoms with Crippen molar-refractivity contribution in [3.8, 4) is 12.3 Å². The summed E-state index contributed by atoms with van der Waals surface area (Å²) in [6.45, 7) is 5.46. The van der Waals surface area contributed by atoms with Gasteiger partial charge in [0, 0.05) is 25.2 Å². The van der Waals surface area contributed by atoms with Crippen LogP contribution in [0.1, 0.15) is 39.0 Å². The molecule has 0 amide bonds. The summed E-state index contributed by atoms with van der Waals surface area (Å²) in [5.74, 6) is 3.71. The number of terminal acetylenes is 1. The number of nitrogens with zero attached hydrogens (tertiary/aromatic N) is 1. The molecular weight excluding hydrogens is 196 g/mol. The molecule has 0 aromatic rings. The lowest BCUT2D eigenvalue weighted by Crippen LogP contribution is -2.43. The molecule has 1 saturated heterocycles. The van der Waals surface area contributed by atoms with Gasteiger partial charge in [0.2, 0.25) is 0 Å². The van der Waals surface area contributed by atoms with Gasteiger partial charge in [-0.2, -0.15) is 0 Å². The fourth-order valence-corrected chi connectivity index (χ4v) is 2.83. The number of nitrogens with one attached hydrogen (secondary N) is 1. The Morgan fingerprint density at radius 1 is 1.38 bits per heavy atom. The molecule has 2 nitrogen and oxygen atoms in total. The average molecular weight is 220 g/mol. The molecule has 16 heavy (non-hydrogen) atoms. The highest BCUT2D eigenvalue weighted by Gasteiger charge is 2.37. The quantitative estimate of drug-likeness (QED) is 0.712. The first-order valence-electron chi connectivity index (χ1n) is 6.75. The van der Waals surface area contributed by atoms with Crippen molar-refractivity contribution in [1.29, 1.82) is 0 Å². The van der Waals surface area contributed by atoms with Crippen molar-refractivity contribution >= 4 is 0 Å². The molecule has 1 saturated carbocycles. The molecule has 0 aromatic heterocycles.